The molecule has 2 aliphatic carbocycles. The minimum Gasteiger partial charge on any atom is -0.497 e. The van der Waals surface area contributed by atoms with Crippen molar-refractivity contribution in [2.24, 2.45) is 5.73 Å². The van der Waals surface area contributed by atoms with Gasteiger partial charge < -0.3 is 10.5 Å². The molecule has 3 nitrogen and oxygen atoms in total. The first-order valence-corrected chi connectivity index (χ1v) is 7.35. The van der Waals surface area contributed by atoms with Crippen LogP contribution in [0.2, 0.25) is 0 Å². The van der Waals surface area contributed by atoms with Gasteiger partial charge in [0.2, 0.25) is 0 Å². The molecule has 0 aromatic heterocycles. The Labute approximate surface area is 115 Å². The predicted octanol–water partition coefficient (Wildman–Crippen LogP) is 2.49. The summed E-state index contributed by atoms with van der Waals surface area (Å²) in [4.78, 5) is 2.52. The standard InChI is InChI=1S/C16H24N2O/c1-18(12-4-3-5-12)15-9-7-11-6-8-13(19-2)10-14(11)16(15)17/h6,8,10,12,15-16H,3-5,7,9,17H2,1-2H3. The molecule has 1 aromatic rings. The van der Waals surface area contributed by atoms with Crippen LogP contribution in [0.1, 0.15) is 42.9 Å². The monoisotopic (exact) mass is 260 g/mol. The third-order valence-electron chi connectivity index (χ3n) is 5.01. The quantitative estimate of drug-likeness (QED) is 0.907. The number of aryl methyl sites for hydroxylation is 1. The summed E-state index contributed by atoms with van der Waals surface area (Å²) >= 11 is 0. The first kappa shape index (κ1) is 12.9. The maximum absolute atomic E-state index is 6.53. The van der Waals surface area contributed by atoms with Gasteiger partial charge in [0.1, 0.15) is 5.75 Å². The summed E-state index contributed by atoms with van der Waals surface area (Å²) in [7, 11) is 3.97. The molecular formula is C16H24N2O. The summed E-state index contributed by atoms with van der Waals surface area (Å²) in [6, 6.07) is 7.69. The number of nitrogens with zero attached hydrogens (tertiary/aromatic N) is 1. The Kier molecular flexibility index (Phi) is 3.50. The first-order chi connectivity index (χ1) is 9.20. The lowest BCUT2D eigenvalue weighted by atomic mass is 9.81. The Balaban J connectivity index is 1.83. The lowest BCUT2D eigenvalue weighted by Crippen LogP contribution is -2.50. The molecule has 3 heteroatoms. The highest BCUT2D eigenvalue weighted by Gasteiger charge is 2.34. The smallest absolute Gasteiger partial charge is 0.119 e. The molecule has 1 fully saturated rings. The number of methoxy groups -OCH3 is 1. The number of hydrogen-bond donors (Lipinski definition) is 1. The molecule has 0 heterocycles. The van der Waals surface area contributed by atoms with E-state index in [4.69, 9.17) is 10.5 Å². The van der Waals surface area contributed by atoms with Crippen LogP contribution in [0.5, 0.6) is 5.75 Å². The van der Waals surface area contributed by atoms with Crippen molar-refractivity contribution < 1.29 is 4.74 Å². The van der Waals surface area contributed by atoms with Crippen molar-refractivity contribution in [1.82, 2.24) is 4.90 Å². The van der Waals surface area contributed by atoms with E-state index in [0.717, 1.165) is 18.2 Å². The van der Waals surface area contributed by atoms with Gasteiger partial charge in [0.05, 0.1) is 7.11 Å². The SMILES string of the molecule is COc1ccc2c(c1)C(N)C(N(C)C1CCC1)CC2. The highest BCUT2D eigenvalue weighted by Crippen LogP contribution is 2.36. The molecule has 0 radical (unpaired) electrons. The highest BCUT2D eigenvalue weighted by molar-refractivity contribution is 5.40. The summed E-state index contributed by atoms with van der Waals surface area (Å²) in [5.74, 6) is 0.918. The van der Waals surface area contributed by atoms with Gasteiger partial charge in [-0.25, -0.2) is 0 Å². The molecule has 0 bridgehead atoms. The summed E-state index contributed by atoms with van der Waals surface area (Å²) in [6.45, 7) is 0. The van der Waals surface area contributed by atoms with E-state index in [9.17, 15) is 0 Å². The zero-order valence-electron chi connectivity index (χ0n) is 11.9. The van der Waals surface area contributed by atoms with E-state index in [1.165, 1.54) is 36.8 Å². The Morgan fingerprint density at radius 1 is 1.26 bits per heavy atom. The molecule has 2 N–H and O–H groups in total. The molecule has 0 saturated heterocycles. The van der Waals surface area contributed by atoms with Gasteiger partial charge in [-0.3, -0.25) is 4.90 Å². The molecule has 2 aliphatic rings. The maximum atomic E-state index is 6.53. The summed E-state index contributed by atoms with van der Waals surface area (Å²) in [5.41, 5.74) is 9.21. The molecule has 19 heavy (non-hydrogen) atoms. The van der Waals surface area contributed by atoms with Crippen molar-refractivity contribution in [3.05, 3.63) is 29.3 Å². The van der Waals surface area contributed by atoms with Crippen LogP contribution in [0.3, 0.4) is 0 Å². The average Bonchev–Trinajstić information content (AvgIpc) is 2.36. The molecule has 1 aromatic carbocycles. The van der Waals surface area contributed by atoms with Gasteiger partial charge in [0.15, 0.2) is 0 Å². The molecule has 0 amide bonds. The first-order valence-electron chi connectivity index (χ1n) is 7.35. The van der Waals surface area contributed by atoms with Crippen LogP contribution in [0.4, 0.5) is 0 Å². The molecule has 2 unspecified atom stereocenters. The minimum absolute atomic E-state index is 0.115. The fourth-order valence-corrected chi connectivity index (χ4v) is 3.45. The van der Waals surface area contributed by atoms with E-state index in [-0.39, 0.29) is 6.04 Å². The van der Waals surface area contributed by atoms with Crippen LogP contribution in [0, 0.1) is 0 Å². The Morgan fingerprint density at radius 3 is 2.68 bits per heavy atom. The van der Waals surface area contributed by atoms with Crippen molar-refractivity contribution in [3.63, 3.8) is 0 Å². The van der Waals surface area contributed by atoms with E-state index in [2.05, 4.69) is 24.1 Å². The molecule has 2 atom stereocenters. The topological polar surface area (TPSA) is 38.5 Å². The van der Waals surface area contributed by atoms with Gasteiger partial charge in [-0.15, -0.1) is 0 Å². The lowest BCUT2D eigenvalue weighted by Gasteiger charge is -2.44. The van der Waals surface area contributed by atoms with Gasteiger partial charge >= 0.3 is 0 Å². The van der Waals surface area contributed by atoms with Crippen LogP contribution >= 0.6 is 0 Å². The van der Waals surface area contributed by atoms with Gasteiger partial charge in [-0.1, -0.05) is 12.5 Å². The van der Waals surface area contributed by atoms with Gasteiger partial charge in [0, 0.05) is 18.1 Å². The molecule has 0 aliphatic heterocycles. The Morgan fingerprint density at radius 2 is 2.05 bits per heavy atom. The average molecular weight is 260 g/mol. The Hall–Kier alpha value is -1.06. The van der Waals surface area contributed by atoms with Gasteiger partial charge in [-0.2, -0.15) is 0 Å². The normalized spacial score (nSPS) is 26.9. The molecule has 0 spiro atoms. The van der Waals surface area contributed by atoms with E-state index in [0.29, 0.717) is 6.04 Å². The molecule has 3 rings (SSSR count). The summed E-state index contributed by atoms with van der Waals surface area (Å²) in [6.07, 6.45) is 6.36. The summed E-state index contributed by atoms with van der Waals surface area (Å²) in [5, 5.41) is 0. The van der Waals surface area contributed by atoms with Crippen LogP contribution in [0.25, 0.3) is 0 Å². The highest BCUT2D eigenvalue weighted by atomic mass is 16.5. The van der Waals surface area contributed by atoms with Crippen molar-refractivity contribution in [2.45, 2.75) is 50.2 Å². The number of ether oxygens (including phenoxy) is 1. The third-order valence-corrected chi connectivity index (χ3v) is 5.01. The van der Waals surface area contributed by atoms with E-state index in [1.54, 1.807) is 7.11 Å². The van der Waals surface area contributed by atoms with E-state index < -0.39 is 0 Å². The second-order valence-electron chi connectivity index (χ2n) is 5.95. The molecule has 104 valence electrons. The van der Waals surface area contributed by atoms with Crippen LogP contribution < -0.4 is 10.5 Å². The zero-order chi connectivity index (χ0) is 13.4. The largest absolute Gasteiger partial charge is 0.497 e. The van der Waals surface area contributed by atoms with E-state index >= 15 is 0 Å². The summed E-state index contributed by atoms with van der Waals surface area (Å²) < 4.78 is 5.33. The van der Waals surface area contributed by atoms with Crippen LogP contribution in [-0.4, -0.2) is 31.1 Å². The Bertz CT molecular complexity index is 456. The third kappa shape index (κ3) is 2.26. The number of likely N-dealkylation sites (N-methyl/N-ethyl adjacent to an activating group) is 1. The van der Waals surface area contributed by atoms with E-state index in [1.807, 2.05) is 6.07 Å². The number of nitrogens with two attached hydrogens (primary N) is 1. The van der Waals surface area contributed by atoms with Crippen molar-refractivity contribution in [3.8, 4) is 5.75 Å². The van der Waals surface area contributed by atoms with Crippen molar-refractivity contribution in [1.29, 1.82) is 0 Å². The minimum atomic E-state index is 0.115. The molecule has 1 saturated carbocycles. The second-order valence-corrected chi connectivity index (χ2v) is 5.95. The number of rotatable bonds is 3. The fourth-order valence-electron chi connectivity index (χ4n) is 3.45. The van der Waals surface area contributed by atoms with Gasteiger partial charge in [-0.05, 0) is 56.0 Å². The van der Waals surface area contributed by atoms with Crippen LogP contribution in [0.15, 0.2) is 18.2 Å². The van der Waals surface area contributed by atoms with Gasteiger partial charge in [0.25, 0.3) is 0 Å². The molecular weight excluding hydrogens is 236 g/mol. The van der Waals surface area contributed by atoms with Crippen molar-refractivity contribution >= 4 is 0 Å². The van der Waals surface area contributed by atoms with Crippen LogP contribution in [-0.2, 0) is 6.42 Å². The second kappa shape index (κ2) is 5.14. The number of fused-ring (bicyclic) bond motifs is 1. The fraction of sp³-hybridized carbons (Fsp3) is 0.625. The lowest BCUT2D eigenvalue weighted by molar-refractivity contribution is 0.0860. The zero-order valence-corrected chi connectivity index (χ0v) is 11.9. The number of hydrogen-bond acceptors (Lipinski definition) is 3. The number of benzene rings is 1. The predicted molar refractivity (Wildman–Crippen MR) is 77.4 cm³/mol. The maximum Gasteiger partial charge on any atom is 0.119 e. The van der Waals surface area contributed by atoms with Crippen molar-refractivity contribution in [2.75, 3.05) is 14.2 Å².